The highest BCUT2D eigenvalue weighted by atomic mass is 35.5. The first-order valence-electron chi connectivity index (χ1n) is 9.35. The van der Waals surface area contributed by atoms with Crippen LogP contribution in [-0.4, -0.2) is 49.2 Å². The molecule has 0 unspecified atom stereocenters. The molecule has 1 fully saturated rings. The summed E-state index contributed by atoms with van der Waals surface area (Å²) in [5, 5.41) is 1.04. The highest BCUT2D eigenvalue weighted by Crippen LogP contribution is 2.38. The average molecular weight is 438 g/mol. The van der Waals surface area contributed by atoms with Crippen LogP contribution >= 0.6 is 23.5 Å². The molecule has 0 radical (unpaired) electrons. The lowest BCUT2D eigenvalue weighted by Crippen LogP contribution is -2.44. The number of halogens is 3. The first kappa shape index (κ1) is 20.3. The molecule has 1 aliphatic rings. The summed E-state index contributed by atoms with van der Waals surface area (Å²) < 4.78 is 34.3. The Balaban J connectivity index is 1.70. The van der Waals surface area contributed by atoms with Crippen LogP contribution in [0, 0.1) is 0 Å². The molecule has 0 saturated carbocycles. The lowest BCUT2D eigenvalue weighted by molar-refractivity contribution is 0.153. The van der Waals surface area contributed by atoms with Gasteiger partial charge < -0.3 is 14.5 Å². The van der Waals surface area contributed by atoms with Gasteiger partial charge in [0, 0.05) is 53.2 Å². The van der Waals surface area contributed by atoms with Gasteiger partial charge in [-0.25, -0.2) is 8.78 Å². The summed E-state index contributed by atoms with van der Waals surface area (Å²) in [5.74, 6) is 0.813. The topological polar surface area (TPSA) is 20.6 Å². The minimum Gasteiger partial charge on any atom is -0.495 e. The van der Waals surface area contributed by atoms with Gasteiger partial charge in [0.25, 0.3) is 6.43 Å². The molecule has 0 aliphatic carbocycles. The number of hydrogen-bond donors (Lipinski definition) is 0. The summed E-state index contributed by atoms with van der Waals surface area (Å²) in [7, 11) is 3.78. The lowest BCUT2D eigenvalue weighted by atomic mass is 10.2. The van der Waals surface area contributed by atoms with E-state index in [1.165, 1.54) is 18.1 Å². The fourth-order valence-corrected chi connectivity index (χ4v) is 4.68. The van der Waals surface area contributed by atoms with Crippen molar-refractivity contribution >= 4 is 40.1 Å². The van der Waals surface area contributed by atoms with Crippen LogP contribution in [0.2, 0.25) is 5.02 Å². The zero-order valence-corrected chi connectivity index (χ0v) is 17.8. The first-order chi connectivity index (χ1) is 14.0. The Bertz CT molecular complexity index is 1020. The number of methoxy groups -OCH3 is 1. The molecule has 0 spiro atoms. The molecule has 0 atom stereocenters. The maximum atomic E-state index is 13.5. The van der Waals surface area contributed by atoms with Gasteiger partial charge in [-0.05, 0) is 49.3 Å². The molecule has 4 rings (SSSR count). The van der Waals surface area contributed by atoms with E-state index < -0.39 is 6.43 Å². The van der Waals surface area contributed by atoms with Crippen molar-refractivity contribution in [1.82, 2.24) is 8.87 Å². The van der Waals surface area contributed by atoms with Crippen molar-refractivity contribution in [2.75, 3.05) is 45.2 Å². The fraction of sp³-hybridized carbons (Fsp3) is 0.333. The number of piperazine rings is 1. The van der Waals surface area contributed by atoms with Crippen LogP contribution in [-0.2, 0) is 0 Å². The smallest absolute Gasteiger partial charge is 0.265 e. The predicted octanol–water partition coefficient (Wildman–Crippen LogP) is 5.55. The van der Waals surface area contributed by atoms with Crippen molar-refractivity contribution in [3.8, 4) is 5.75 Å². The third-order valence-electron chi connectivity index (χ3n) is 5.20. The number of fused-ring (bicyclic) bond motifs is 1. The Morgan fingerprint density at radius 1 is 1.07 bits per heavy atom. The van der Waals surface area contributed by atoms with Gasteiger partial charge in [-0.3, -0.25) is 3.97 Å². The molecule has 1 saturated heterocycles. The number of ether oxygens (including phenoxy) is 1. The summed E-state index contributed by atoms with van der Waals surface area (Å²) in [6, 6.07) is 11.0. The van der Waals surface area contributed by atoms with Crippen LogP contribution in [0.4, 0.5) is 14.5 Å². The van der Waals surface area contributed by atoms with E-state index in [1.54, 1.807) is 29.3 Å². The van der Waals surface area contributed by atoms with E-state index in [0.29, 0.717) is 15.9 Å². The van der Waals surface area contributed by atoms with Crippen molar-refractivity contribution < 1.29 is 13.5 Å². The Morgan fingerprint density at radius 2 is 1.83 bits per heavy atom. The van der Waals surface area contributed by atoms with Gasteiger partial charge >= 0.3 is 0 Å². The zero-order valence-electron chi connectivity index (χ0n) is 16.2. The second-order valence-electron chi connectivity index (χ2n) is 7.09. The minimum atomic E-state index is -2.54. The third kappa shape index (κ3) is 4.17. The van der Waals surface area contributed by atoms with Crippen molar-refractivity contribution in [2.24, 2.45) is 0 Å². The Labute approximate surface area is 178 Å². The van der Waals surface area contributed by atoms with Crippen molar-refractivity contribution in [3.05, 3.63) is 53.2 Å². The van der Waals surface area contributed by atoms with E-state index in [9.17, 15) is 8.78 Å². The molecular formula is C21H22ClF2N3OS. The quantitative estimate of drug-likeness (QED) is 0.521. The number of likely N-dealkylation sites (N-methyl/N-ethyl adjacent to an activating group) is 1. The van der Waals surface area contributed by atoms with Gasteiger partial charge in [0.2, 0.25) is 0 Å². The number of aromatic nitrogens is 1. The van der Waals surface area contributed by atoms with Crippen LogP contribution in [0.5, 0.6) is 5.75 Å². The summed E-state index contributed by atoms with van der Waals surface area (Å²) in [5.41, 5.74) is 1.71. The van der Waals surface area contributed by atoms with Crippen LogP contribution in [0.3, 0.4) is 0 Å². The van der Waals surface area contributed by atoms with Gasteiger partial charge in [-0.2, -0.15) is 0 Å². The number of rotatable bonds is 5. The normalized spacial score (nSPS) is 15.4. The largest absolute Gasteiger partial charge is 0.495 e. The molecule has 3 aromatic rings. The van der Waals surface area contributed by atoms with Gasteiger partial charge in [0.1, 0.15) is 5.75 Å². The fourth-order valence-electron chi connectivity index (χ4n) is 3.58. The van der Waals surface area contributed by atoms with E-state index >= 15 is 0 Å². The monoisotopic (exact) mass is 437 g/mol. The minimum absolute atomic E-state index is 0.0111. The Morgan fingerprint density at radius 3 is 2.52 bits per heavy atom. The number of nitrogens with zero attached hydrogens (tertiary/aromatic N) is 3. The van der Waals surface area contributed by atoms with Gasteiger partial charge in [0.15, 0.2) is 0 Å². The van der Waals surface area contributed by atoms with Gasteiger partial charge in [-0.15, -0.1) is 0 Å². The van der Waals surface area contributed by atoms with Crippen molar-refractivity contribution in [2.45, 2.75) is 11.3 Å². The van der Waals surface area contributed by atoms with E-state index in [1.807, 2.05) is 12.1 Å². The molecule has 0 N–H and O–H groups in total. The maximum Gasteiger partial charge on any atom is 0.265 e. The summed E-state index contributed by atoms with van der Waals surface area (Å²) >= 11 is 7.52. The second-order valence-corrected chi connectivity index (χ2v) is 8.57. The van der Waals surface area contributed by atoms with E-state index in [0.717, 1.165) is 42.5 Å². The van der Waals surface area contributed by atoms with Crippen LogP contribution in [0.1, 0.15) is 12.0 Å². The Kier molecular flexibility index (Phi) is 5.90. The summed E-state index contributed by atoms with van der Waals surface area (Å²) in [6.07, 6.45) is -1.05. The summed E-state index contributed by atoms with van der Waals surface area (Å²) in [4.78, 5) is 5.54. The number of benzene rings is 2. The molecule has 4 nitrogen and oxygen atoms in total. The molecule has 2 aromatic carbocycles. The van der Waals surface area contributed by atoms with Crippen LogP contribution in [0.15, 0.2) is 47.5 Å². The van der Waals surface area contributed by atoms with Crippen molar-refractivity contribution in [3.63, 3.8) is 0 Å². The van der Waals surface area contributed by atoms with E-state index in [4.69, 9.17) is 16.3 Å². The van der Waals surface area contributed by atoms with Crippen LogP contribution < -0.4 is 9.64 Å². The van der Waals surface area contributed by atoms with E-state index in [2.05, 4.69) is 22.9 Å². The SMILES string of the molecule is COc1ccc(Sn2cc(C(F)F)c3ccc(Cl)cc32)cc1N1CCN(C)CC1. The lowest BCUT2D eigenvalue weighted by Gasteiger charge is -2.34. The molecule has 2 heterocycles. The number of hydrogen-bond acceptors (Lipinski definition) is 4. The molecule has 0 amide bonds. The Hall–Kier alpha value is -1.96. The van der Waals surface area contributed by atoms with Crippen molar-refractivity contribution in [1.29, 1.82) is 0 Å². The second kappa shape index (κ2) is 8.42. The van der Waals surface area contributed by atoms with Gasteiger partial charge in [0.05, 0.1) is 18.3 Å². The standard InChI is InChI=1S/C21H22ClF2N3OS/c1-25-7-9-26(10-8-25)19-12-15(4-6-20(19)28-2)29-27-13-17(21(23)24)16-5-3-14(22)11-18(16)27/h3-6,11-13,21H,7-10H2,1-2H3. The summed E-state index contributed by atoms with van der Waals surface area (Å²) in [6.45, 7) is 3.80. The maximum absolute atomic E-state index is 13.5. The number of anilines is 1. The first-order valence-corrected chi connectivity index (χ1v) is 10.5. The third-order valence-corrected chi connectivity index (χ3v) is 6.40. The zero-order chi connectivity index (χ0) is 20.5. The number of alkyl halides is 2. The van der Waals surface area contributed by atoms with E-state index in [-0.39, 0.29) is 5.56 Å². The highest BCUT2D eigenvalue weighted by molar-refractivity contribution is 7.98. The molecule has 29 heavy (non-hydrogen) atoms. The molecule has 8 heteroatoms. The van der Waals surface area contributed by atoms with Gasteiger partial charge in [-0.1, -0.05) is 17.7 Å². The molecule has 1 aliphatic heterocycles. The highest BCUT2D eigenvalue weighted by Gasteiger charge is 2.20. The molecule has 0 bridgehead atoms. The molecule has 1 aromatic heterocycles. The predicted molar refractivity (Wildman–Crippen MR) is 116 cm³/mol. The molecular weight excluding hydrogens is 416 g/mol. The average Bonchev–Trinajstić information content (AvgIpc) is 3.06. The molecule has 154 valence electrons. The van der Waals surface area contributed by atoms with Crippen LogP contribution in [0.25, 0.3) is 10.9 Å².